The summed E-state index contributed by atoms with van der Waals surface area (Å²) in [5, 5.41) is 20.3. The van der Waals surface area contributed by atoms with Gasteiger partial charge in [-0.2, -0.15) is 4.31 Å². The summed E-state index contributed by atoms with van der Waals surface area (Å²) in [7, 11) is -2.53. The predicted octanol–water partition coefficient (Wildman–Crippen LogP) is 4.91. The molecule has 2 heterocycles. The zero-order valence-electron chi connectivity index (χ0n) is 27.5. The van der Waals surface area contributed by atoms with Gasteiger partial charge in [0, 0.05) is 37.0 Å². The normalized spacial score (nSPS) is 18.4. The number of carbonyl (C=O) groups excluding carboxylic acids is 3. The minimum Gasteiger partial charge on any atom is -0.486 e. The molecule has 0 spiro atoms. The van der Waals surface area contributed by atoms with Gasteiger partial charge < -0.3 is 30.7 Å². The second-order valence-corrected chi connectivity index (χ2v) is 14.6. The van der Waals surface area contributed by atoms with Crippen molar-refractivity contribution < 1.29 is 32.6 Å². The highest BCUT2D eigenvalue weighted by Crippen LogP contribution is 2.36. The number of carbonyl (C=O) groups is 3. The minimum absolute atomic E-state index is 0.0805. The first kappa shape index (κ1) is 33.9. The van der Waals surface area contributed by atoms with Crippen molar-refractivity contribution >= 4 is 55.7 Å². The predicted molar refractivity (Wildman–Crippen MR) is 187 cm³/mol. The summed E-state index contributed by atoms with van der Waals surface area (Å²) in [5.41, 5.74) is 2.32. The number of nitrogens with one attached hydrogen (secondary N) is 3. The molecular weight excluding hydrogens is 646 g/mol. The number of rotatable bonds is 8. The minimum atomic E-state index is -3.99. The molecule has 2 aliphatic rings. The van der Waals surface area contributed by atoms with E-state index in [0.29, 0.717) is 17.8 Å². The average Bonchev–Trinajstić information content (AvgIpc) is 3.09. The van der Waals surface area contributed by atoms with Crippen LogP contribution in [0, 0.1) is 5.92 Å². The smallest absolute Gasteiger partial charge is 0.323 e. The molecule has 49 heavy (non-hydrogen) atoms. The topological polar surface area (TPSA) is 157 Å². The molecule has 4 aromatic rings. The fourth-order valence-corrected chi connectivity index (χ4v) is 7.46. The maximum absolute atomic E-state index is 13.9. The fraction of sp³-hybridized carbons (Fsp3) is 0.306. The Hall–Kier alpha value is -4.98. The van der Waals surface area contributed by atoms with E-state index in [0.717, 1.165) is 16.3 Å². The third-order valence-electron chi connectivity index (χ3n) is 9.09. The molecule has 4 aromatic carbocycles. The molecule has 3 atom stereocenters. The average molecular weight is 686 g/mol. The van der Waals surface area contributed by atoms with Crippen molar-refractivity contribution in [2.45, 2.75) is 43.7 Å². The van der Waals surface area contributed by atoms with Crippen molar-refractivity contribution in [3.63, 3.8) is 0 Å². The molecule has 2 aliphatic heterocycles. The van der Waals surface area contributed by atoms with E-state index < -0.39 is 28.2 Å². The lowest BCUT2D eigenvalue weighted by molar-refractivity contribution is -0.116. The summed E-state index contributed by atoms with van der Waals surface area (Å²) >= 11 is 0. The molecule has 0 saturated heterocycles. The number of aliphatic hydroxyl groups excluding tert-OH is 1. The summed E-state index contributed by atoms with van der Waals surface area (Å²) in [4.78, 5) is 40.7. The van der Waals surface area contributed by atoms with Gasteiger partial charge in [-0.1, -0.05) is 49.4 Å². The molecule has 6 rings (SSSR count). The van der Waals surface area contributed by atoms with Crippen LogP contribution in [0.25, 0.3) is 10.8 Å². The molecule has 13 heteroatoms. The summed E-state index contributed by atoms with van der Waals surface area (Å²) in [6.07, 6.45) is -0.0531. The lowest BCUT2D eigenvalue weighted by Crippen LogP contribution is -2.50. The van der Waals surface area contributed by atoms with Gasteiger partial charge in [-0.15, -0.1) is 0 Å². The van der Waals surface area contributed by atoms with Crippen molar-refractivity contribution in [3.05, 3.63) is 90.0 Å². The molecule has 0 fully saturated rings. The van der Waals surface area contributed by atoms with Gasteiger partial charge in [0.25, 0.3) is 5.91 Å². The lowest BCUT2D eigenvalue weighted by atomic mass is 9.99. The standard InChI is InChI=1S/C36H39N5O7S/c1-22-19-41(23(2)21-42)35(44)28-11-7-13-31(39-36(45)38-30-12-6-9-24-8-4-5-10-27(24)30)34(28)48-32(22)20-40(3)49(46,47)26-15-16-29-25(18-26)14-17-33(43)37-29/h4-13,15-16,18,22-23,32,42H,14,17,19-21H2,1-3H3,(H,37,43)(H2,38,39,45). The number of sulfonamides is 1. The third kappa shape index (κ3) is 6.95. The number of hydrogen-bond donors (Lipinski definition) is 4. The van der Waals surface area contributed by atoms with Crippen molar-refractivity contribution in [2.75, 3.05) is 42.7 Å². The van der Waals surface area contributed by atoms with Crippen molar-refractivity contribution in [1.29, 1.82) is 0 Å². The molecule has 256 valence electrons. The number of urea groups is 1. The summed E-state index contributed by atoms with van der Waals surface area (Å²) in [6.45, 7) is 3.42. The number of likely N-dealkylation sites (N-methyl/N-ethyl adjacent to an activating group) is 1. The quantitative estimate of drug-likeness (QED) is 0.205. The van der Waals surface area contributed by atoms with E-state index in [4.69, 9.17) is 4.74 Å². The number of nitrogens with zero attached hydrogens (tertiary/aromatic N) is 2. The number of benzene rings is 4. The van der Waals surface area contributed by atoms with Gasteiger partial charge in [-0.05, 0) is 60.7 Å². The number of ether oxygens (including phenoxy) is 1. The highest BCUT2D eigenvalue weighted by molar-refractivity contribution is 7.89. The van der Waals surface area contributed by atoms with Crippen LogP contribution >= 0.6 is 0 Å². The van der Waals surface area contributed by atoms with E-state index in [1.165, 1.54) is 17.4 Å². The highest BCUT2D eigenvalue weighted by Gasteiger charge is 2.36. The molecule has 0 saturated carbocycles. The van der Waals surface area contributed by atoms with Crippen LogP contribution in [0.1, 0.15) is 36.2 Å². The molecule has 0 aliphatic carbocycles. The van der Waals surface area contributed by atoms with Gasteiger partial charge in [-0.25, -0.2) is 13.2 Å². The van der Waals surface area contributed by atoms with Crippen molar-refractivity contribution in [3.8, 4) is 5.75 Å². The lowest BCUT2D eigenvalue weighted by Gasteiger charge is -2.38. The van der Waals surface area contributed by atoms with Crippen molar-refractivity contribution in [1.82, 2.24) is 9.21 Å². The van der Waals surface area contributed by atoms with E-state index in [1.807, 2.05) is 43.3 Å². The molecule has 4 N–H and O–H groups in total. The van der Waals surface area contributed by atoms with Gasteiger partial charge >= 0.3 is 6.03 Å². The first-order valence-electron chi connectivity index (χ1n) is 16.1. The Morgan fingerprint density at radius 2 is 1.73 bits per heavy atom. The van der Waals surface area contributed by atoms with E-state index in [-0.39, 0.29) is 65.7 Å². The molecule has 0 aromatic heterocycles. The zero-order chi connectivity index (χ0) is 34.9. The van der Waals surface area contributed by atoms with Gasteiger partial charge in [0.15, 0.2) is 5.75 Å². The van der Waals surface area contributed by atoms with Crippen LogP contribution in [0.15, 0.2) is 83.8 Å². The van der Waals surface area contributed by atoms with E-state index >= 15 is 0 Å². The van der Waals surface area contributed by atoms with Crippen LogP contribution in [-0.4, -0.2) is 79.5 Å². The van der Waals surface area contributed by atoms with E-state index in [2.05, 4.69) is 16.0 Å². The number of aliphatic hydroxyl groups is 1. The second-order valence-electron chi connectivity index (χ2n) is 12.6. The largest absolute Gasteiger partial charge is 0.486 e. The van der Waals surface area contributed by atoms with E-state index in [9.17, 15) is 27.9 Å². The number of para-hydroxylation sites is 1. The Kier molecular flexibility index (Phi) is 9.59. The summed E-state index contributed by atoms with van der Waals surface area (Å²) in [6, 6.07) is 21.6. The van der Waals surface area contributed by atoms with Crippen LogP contribution in [0.4, 0.5) is 21.9 Å². The van der Waals surface area contributed by atoms with Gasteiger partial charge in [0.2, 0.25) is 15.9 Å². The summed E-state index contributed by atoms with van der Waals surface area (Å²) in [5.74, 6) is -0.788. The zero-order valence-corrected chi connectivity index (χ0v) is 28.3. The number of aryl methyl sites for hydroxylation is 1. The van der Waals surface area contributed by atoms with Crippen LogP contribution in [0.3, 0.4) is 0 Å². The SMILES string of the molecule is CC1CN(C(C)CO)C(=O)c2cccc(NC(=O)Nc3cccc4ccccc34)c2OC1CN(C)S(=O)(=O)c1ccc2c(c1)CCC(=O)N2. The number of amides is 4. The van der Waals surface area contributed by atoms with Crippen LogP contribution in [0.5, 0.6) is 5.75 Å². The van der Waals surface area contributed by atoms with E-state index in [1.54, 1.807) is 48.2 Å². The monoisotopic (exact) mass is 685 g/mol. The maximum atomic E-state index is 13.9. The number of hydrogen-bond acceptors (Lipinski definition) is 7. The highest BCUT2D eigenvalue weighted by atomic mass is 32.2. The molecule has 0 bridgehead atoms. The Bertz CT molecular complexity index is 2030. The Morgan fingerprint density at radius 3 is 2.53 bits per heavy atom. The first-order valence-corrected chi connectivity index (χ1v) is 17.6. The van der Waals surface area contributed by atoms with Gasteiger partial charge in [0.05, 0.1) is 41.0 Å². The molecular formula is C36H39N5O7S. The number of anilines is 3. The third-order valence-corrected chi connectivity index (χ3v) is 10.9. The van der Waals surface area contributed by atoms with Crippen LogP contribution in [0.2, 0.25) is 0 Å². The molecule has 0 radical (unpaired) electrons. The van der Waals surface area contributed by atoms with Crippen molar-refractivity contribution in [2.24, 2.45) is 5.92 Å². The summed E-state index contributed by atoms with van der Waals surface area (Å²) < 4.78 is 35.4. The fourth-order valence-electron chi connectivity index (χ4n) is 6.22. The maximum Gasteiger partial charge on any atom is 0.323 e. The Balaban J connectivity index is 1.30. The van der Waals surface area contributed by atoms with Gasteiger partial charge in [-0.3, -0.25) is 9.59 Å². The molecule has 4 amide bonds. The molecule has 12 nitrogen and oxygen atoms in total. The Labute approximate surface area is 285 Å². The molecule has 3 unspecified atom stereocenters. The van der Waals surface area contributed by atoms with Crippen LogP contribution < -0.4 is 20.7 Å². The van der Waals surface area contributed by atoms with Gasteiger partial charge in [0.1, 0.15) is 6.10 Å². The second kappa shape index (κ2) is 13.9. The Morgan fingerprint density at radius 1 is 1.02 bits per heavy atom. The van der Waals surface area contributed by atoms with Crippen LogP contribution in [-0.2, 0) is 21.2 Å². The first-order chi connectivity index (χ1) is 23.5. The number of fused-ring (bicyclic) bond motifs is 3.